The van der Waals surface area contributed by atoms with Gasteiger partial charge in [-0.05, 0) is 35.9 Å². The molecule has 2 heterocycles. The van der Waals surface area contributed by atoms with E-state index in [1.165, 1.54) is 11.3 Å². The molecule has 0 radical (unpaired) electrons. The highest BCUT2D eigenvalue weighted by Crippen LogP contribution is 2.25. The molecule has 1 aromatic heterocycles. The second-order valence-corrected chi connectivity index (χ2v) is 6.50. The Morgan fingerprint density at radius 1 is 1.23 bits per heavy atom. The summed E-state index contributed by atoms with van der Waals surface area (Å²) in [5.41, 5.74) is 3.42. The van der Waals surface area contributed by atoms with Crippen molar-refractivity contribution in [3.8, 4) is 0 Å². The zero-order valence-electron chi connectivity index (χ0n) is 12.9. The van der Waals surface area contributed by atoms with Crippen LogP contribution in [0.2, 0.25) is 0 Å². The van der Waals surface area contributed by atoms with Gasteiger partial charge in [0.1, 0.15) is 0 Å². The van der Waals surface area contributed by atoms with Gasteiger partial charge in [0.05, 0.1) is 5.69 Å². The summed E-state index contributed by atoms with van der Waals surface area (Å²) in [6.45, 7) is 1.91. The number of anilines is 1. The third-order valence-corrected chi connectivity index (χ3v) is 4.54. The van der Waals surface area contributed by atoms with Crippen LogP contribution in [0.1, 0.15) is 5.56 Å². The number of benzene rings is 1. The van der Waals surface area contributed by atoms with Crippen molar-refractivity contribution in [3.63, 3.8) is 0 Å². The monoisotopic (exact) mass is 312 g/mol. The molecule has 2 aromatic rings. The summed E-state index contributed by atoms with van der Waals surface area (Å²) in [7, 11) is 4.09. The van der Waals surface area contributed by atoms with Gasteiger partial charge in [-0.1, -0.05) is 17.8 Å². The fourth-order valence-corrected chi connectivity index (χ4v) is 3.33. The number of hydrogen-bond acceptors (Lipinski definition) is 4. The molecule has 0 N–H and O–H groups in total. The third-order valence-electron chi connectivity index (χ3n) is 3.55. The first kappa shape index (κ1) is 14.9. The number of thioether (sulfide) groups is 1. The maximum Gasteiger partial charge on any atom is 0.164 e. The van der Waals surface area contributed by atoms with E-state index in [2.05, 4.69) is 45.1 Å². The Labute approximate surface area is 135 Å². The Morgan fingerprint density at radius 2 is 2.05 bits per heavy atom. The predicted molar refractivity (Wildman–Crippen MR) is 95.0 cm³/mol. The van der Waals surface area contributed by atoms with Crippen molar-refractivity contribution in [2.75, 3.05) is 31.3 Å². The molecule has 1 aromatic carbocycles. The molecule has 0 saturated carbocycles. The lowest BCUT2D eigenvalue weighted by atomic mass is 10.2. The van der Waals surface area contributed by atoms with Crippen molar-refractivity contribution in [1.29, 1.82) is 0 Å². The first-order valence-electron chi connectivity index (χ1n) is 7.35. The molecule has 0 amide bonds. The van der Waals surface area contributed by atoms with Crippen molar-refractivity contribution < 1.29 is 0 Å². The highest BCUT2D eigenvalue weighted by molar-refractivity contribution is 8.14. The normalized spacial score (nSPS) is 16.3. The van der Waals surface area contributed by atoms with Gasteiger partial charge in [-0.2, -0.15) is 0 Å². The predicted octanol–water partition coefficient (Wildman–Crippen LogP) is 3.38. The number of aromatic nitrogens is 1. The molecule has 22 heavy (non-hydrogen) atoms. The van der Waals surface area contributed by atoms with E-state index in [1.54, 1.807) is 0 Å². The lowest BCUT2D eigenvalue weighted by Crippen LogP contribution is -2.23. The molecule has 3 rings (SSSR count). The van der Waals surface area contributed by atoms with Crippen LogP contribution in [0.4, 0.5) is 11.4 Å². The third kappa shape index (κ3) is 3.60. The number of hydrogen-bond donors (Lipinski definition) is 0. The average molecular weight is 312 g/mol. The molecule has 1 aliphatic rings. The van der Waals surface area contributed by atoms with Gasteiger partial charge in [0, 0.05) is 51.0 Å². The molecule has 0 spiro atoms. The second kappa shape index (κ2) is 6.83. The van der Waals surface area contributed by atoms with Gasteiger partial charge in [-0.3, -0.25) is 4.98 Å². The minimum absolute atomic E-state index is 0.870. The summed E-state index contributed by atoms with van der Waals surface area (Å²) in [4.78, 5) is 13.4. The maximum atomic E-state index is 4.80. The molecule has 5 heteroatoms. The standard InChI is InChI=1S/C17H20N4S/c1-20(2)16-7-5-15(6-8-16)19-17-21(10-11-22-17)13-14-4-3-9-18-12-14/h3-9,12H,10-11,13H2,1-2H3. The molecule has 4 nitrogen and oxygen atoms in total. The van der Waals surface area contributed by atoms with Crippen LogP contribution in [0.25, 0.3) is 0 Å². The molecule has 1 aliphatic heterocycles. The van der Waals surface area contributed by atoms with Gasteiger partial charge < -0.3 is 9.80 Å². The Bertz CT molecular complexity index is 637. The fourth-order valence-electron chi connectivity index (χ4n) is 2.33. The van der Waals surface area contributed by atoms with E-state index in [9.17, 15) is 0 Å². The molecule has 1 saturated heterocycles. The van der Waals surface area contributed by atoms with E-state index in [-0.39, 0.29) is 0 Å². The summed E-state index contributed by atoms with van der Waals surface area (Å²) in [6.07, 6.45) is 3.73. The van der Waals surface area contributed by atoms with Crippen molar-refractivity contribution in [3.05, 3.63) is 54.4 Å². The number of nitrogens with zero attached hydrogens (tertiary/aromatic N) is 4. The van der Waals surface area contributed by atoms with Crippen LogP contribution in [0, 0.1) is 0 Å². The van der Waals surface area contributed by atoms with Gasteiger partial charge >= 0.3 is 0 Å². The molecule has 0 bridgehead atoms. The summed E-state index contributed by atoms with van der Waals surface area (Å²) in [6, 6.07) is 12.4. The van der Waals surface area contributed by atoms with Gasteiger partial charge in [-0.25, -0.2) is 4.99 Å². The topological polar surface area (TPSA) is 31.7 Å². The minimum Gasteiger partial charge on any atom is -0.378 e. The first-order chi connectivity index (χ1) is 10.7. The molecule has 0 aliphatic carbocycles. The zero-order chi connectivity index (χ0) is 15.4. The molecule has 0 unspecified atom stereocenters. The van der Waals surface area contributed by atoms with E-state index in [0.717, 1.165) is 29.7 Å². The number of pyridine rings is 1. The van der Waals surface area contributed by atoms with E-state index in [1.807, 2.05) is 44.3 Å². The van der Waals surface area contributed by atoms with E-state index in [4.69, 9.17) is 4.99 Å². The van der Waals surface area contributed by atoms with E-state index < -0.39 is 0 Å². The van der Waals surface area contributed by atoms with Crippen LogP contribution < -0.4 is 4.90 Å². The van der Waals surface area contributed by atoms with Gasteiger partial charge in [0.2, 0.25) is 0 Å². The second-order valence-electron chi connectivity index (χ2n) is 5.44. The van der Waals surface area contributed by atoms with Crippen LogP contribution in [0.3, 0.4) is 0 Å². The highest BCUT2D eigenvalue weighted by Gasteiger charge is 2.19. The lowest BCUT2D eigenvalue weighted by Gasteiger charge is -2.18. The summed E-state index contributed by atoms with van der Waals surface area (Å²) in [5, 5.41) is 1.10. The molecular formula is C17H20N4S. The molecule has 114 valence electrons. The Balaban J connectivity index is 1.74. The van der Waals surface area contributed by atoms with Gasteiger partial charge in [-0.15, -0.1) is 0 Å². The van der Waals surface area contributed by atoms with Crippen LogP contribution in [-0.4, -0.2) is 41.4 Å². The van der Waals surface area contributed by atoms with E-state index >= 15 is 0 Å². The van der Waals surface area contributed by atoms with Crippen LogP contribution in [-0.2, 0) is 6.54 Å². The van der Waals surface area contributed by atoms with Crippen molar-refractivity contribution >= 4 is 28.3 Å². The fraction of sp³-hybridized carbons (Fsp3) is 0.294. The molecule has 0 atom stereocenters. The van der Waals surface area contributed by atoms with Crippen molar-refractivity contribution in [2.24, 2.45) is 4.99 Å². The SMILES string of the molecule is CN(C)c1ccc(N=C2SCCN2Cc2cccnc2)cc1. The summed E-state index contributed by atoms with van der Waals surface area (Å²) >= 11 is 1.82. The highest BCUT2D eigenvalue weighted by atomic mass is 32.2. The maximum absolute atomic E-state index is 4.80. The molecular weight excluding hydrogens is 292 g/mol. The van der Waals surface area contributed by atoms with Crippen molar-refractivity contribution in [1.82, 2.24) is 9.88 Å². The van der Waals surface area contributed by atoms with E-state index in [0.29, 0.717) is 0 Å². The molecule has 1 fully saturated rings. The zero-order valence-corrected chi connectivity index (χ0v) is 13.8. The number of rotatable bonds is 4. The lowest BCUT2D eigenvalue weighted by molar-refractivity contribution is 0.456. The van der Waals surface area contributed by atoms with Gasteiger partial charge in [0.25, 0.3) is 0 Å². The smallest absolute Gasteiger partial charge is 0.164 e. The summed E-state index contributed by atoms with van der Waals surface area (Å²) in [5.74, 6) is 1.09. The largest absolute Gasteiger partial charge is 0.378 e. The number of aliphatic imine (C=N–C) groups is 1. The van der Waals surface area contributed by atoms with Crippen LogP contribution >= 0.6 is 11.8 Å². The van der Waals surface area contributed by atoms with Crippen LogP contribution in [0.15, 0.2) is 53.8 Å². The first-order valence-corrected chi connectivity index (χ1v) is 8.34. The number of amidine groups is 1. The summed E-state index contributed by atoms with van der Waals surface area (Å²) < 4.78 is 0. The van der Waals surface area contributed by atoms with Crippen molar-refractivity contribution in [2.45, 2.75) is 6.54 Å². The Hall–Kier alpha value is -2.01. The van der Waals surface area contributed by atoms with Gasteiger partial charge in [0.15, 0.2) is 5.17 Å². The Morgan fingerprint density at radius 3 is 2.73 bits per heavy atom. The quantitative estimate of drug-likeness (QED) is 0.866. The van der Waals surface area contributed by atoms with Crippen LogP contribution in [0.5, 0.6) is 0 Å². The minimum atomic E-state index is 0.870. The average Bonchev–Trinajstić information content (AvgIpc) is 2.96. The Kier molecular flexibility index (Phi) is 4.63.